The van der Waals surface area contributed by atoms with Gasteiger partial charge in [-0.3, -0.25) is 4.79 Å². The molecule has 0 atom stereocenters. The minimum Gasteiger partial charge on any atom is -0.386 e. The number of thioether (sulfide) groups is 1. The minimum absolute atomic E-state index is 0.0888. The van der Waals surface area contributed by atoms with E-state index in [2.05, 4.69) is 15.3 Å². The SMILES string of the molecule is CC(C)(O)c1c(NC(=O)c2cccc(C(F)(F)F)n2)cn2cc(CCSc3ccc(F)cc3)nc2c1F. The van der Waals surface area contributed by atoms with E-state index in [4.69, 9.17) is 0 Å². The molecule has 0 radical (unpaired) electrons. The van der Waals surface area contributed by atoms with E-state index in [1.807, 2.05) is 0 Å². The van der Waals surface area contributed by atoms with E-state index in [1.54, 1.807) is 18.3 Å². The van der Waals surface area contributed by atoms with Crippen molar-refractivity contribution in [3.63, 3.8) is 0 Å². The zero-order chi connectivity index (χ0) is 27.0. The average Bonchev–Trinajstić information content (AvgIpc) is 3.22. The first-order valence-electron chi connectivity index (χ1n) is 11.0. The van der Waals surface area contributed by atoms with Gasteiger partial charge in [-0.25, -0.2) is 18.7 Å². The fourth-order valence-corrected chi connectivity index (χ4v) is 4.54. The van der Waals surface area contributed by atoms with Gasteiger partial charge in [-0.15, -0.1) is 11.8 Å². The first kappa shape index (κ1) is 26.6. The topological polar surface area (TPSA) is 79.5 Å². The molecular formula is C25H21F5N4O2S. The Balaban J connectivity index is 1.62. The highest BCUT2D eigenvalue weighted by atomic mass is 32.2. The van der Waals surface area contributed by atoms with E-state index >= 15 is 4.39 Å². The smallest absolute Gasteiger partial charge is 0.386 e. The van der Waals surface area contributed by atoms with E-state index < -0.39 is 34.9 Å². The Kier molecular flexibility index (Phi) is 7.24. The van der Waals surface area contributed by atoms with Gasteiger partial charge < -0.3 is 14.8 Å². The summed E-state index contributed by atoms with van der Waals surface area (Å²) in [5.41, 5.74) is -3.53. The summed E-state index contributed by atoms with van der Waals surface area (Å²) in [4.78, 5) is 21.2. The van der Waals surface area contributed by atoms with Crippen LogP contribution in [0.25, 0.3) is 5.65 Å². The lowest BCUT2D eigenvalue weighted by molar-refractivity contribution is -0.141. The number of imidazole rings is 1. The number of aliphatic hydroxyl groups is 1. The molecule has 4 rings (SSSR count). The highest BCUT2D eigenvalue weighted by Gasteiger charge is 2.33. The number of hydrogen-bond acceptors (Lipinski definition) is 5. The Bertz CT molecular complexity index is 1450. The van der Waals surface area contributed by atoms with Gasteiger partial charge in [0.2, 0.25) is 0 Å². The Morgan fingerprint density at radius 3 is 2.41 bits per heavy atom. The van der Waals surface area contributed by atoms with Gasteiger partial charge in [-0.1, -0.05) is 6.07 Å². The van der Waals surface area contributed by atoms with Crippen LogP contribution in [0.2, 0.25) is 0 Å². The number of rotatable bonds is 7. The molecule has 0 bridgehead atoms. The molecule has 12 heteroatoms. The van der Waals surface area contributed by atoms with Gasteiger partial charge in [0.25, 0.3) is 5.91 Å². The number of nitrogens with zero attached hydrogens (tertiary/aromatic N) is 3. The van der Waals surface area contributed by atoms with Crippen LogP contribution in [-0.2, 0) is 18.2 Å². The number of halogens is 5. The lowest BCUT2D eigenvalue weighted by Gasteiger charge is -2.23. The van der Waals surface area contributed by atoms with Gasteiger partial charge in [0.15, 0.2) is 11.5 Å². The van der Waals surface area contributed by atoms with E-state index in [-0.39, 0.29) is 22.7 Å². The molecule has 0 aliphatic rings. The largest absolute Gasteiger partial charge is 0.433 e. The summed E-state index contributed by atoms with van der Waals surface area (Å²) in [6.07, 6.45) is -1.42. The van der Waals surface area contributed by atoms with Crippen LogP contribution in [0, 0.1) is 11.6 Å². The second-order valence-electron chi connectivity index (χ2n) is 8.67. The van der Waals surface area contributed by atoms with E-state index in [0.29, 0.717) is 17.9 Å². The fourth-order valence-electron chi connectivity index (χ4n) is 3.66. The first-order valence-corrected chi connectivity index (χ1v) is 12.0. The third-order valence-corrected chi connectivity index (χ3v) is 6.32. The maximum atomic E-state index is 15.5. The number of benzene rings is 1. The first-order chi connectivity index (χ1) is 17.3. The molecule has 1 amide bonds. The Labute approximate surface area is 212 Å². The normalized spacial score (nSPS) is 12.2. The number of alkyl halides is 3. The third kappa shape index (κ3) is 6.08. The van der Waals surface area contributed by atoms with Crippen molar-refractivity contribution >= 4 is 29.0 Å². The molecule has 3 heterocycles. The second kappa shape index (κ2) is 10.1. The highest BCUT2D eigenvalue weighted by Crippen LogP contribution is 2.33. The minimum atomic E-state index is -4.75. The average molecular weight is 537 g/mol. The summed E-state index contributed by atoms with van der Waals surface area (Å²) >= 11 is 1.46. The van der Waals surface area contributed by atoms with Gasteiger partial charge in [-0.2, -0.15) is 13.2 Å². The maximum absolute atomic E-state index is 15.5. The monoisotopic (exact) mass is 536 g/mol. The summed E-state index contributed by atoms with van der Waals surface area (Å²) in [5.74, 6) is -1.67. The number of anilines is 1. The number of carbonyl (C=O) groups excluding carboxylic acids is 1. The number of aryl methyl sites for hydroxylation is 1. The molecule has 0 aliphatic heterocycles. The molecule has 0 fully saturated rings. The van der Waals surface area contributed by atoms with Crippen LogP contribution >= 0.6 is 11.8 Å². The maximum Gasteiger partial charge on any atom is 0.433 e. The van der Waals surface area contributed by atoms with Crippen LogP contribution in [0.4, 0.5) is 27.6 Å². The van der Waals surface area contributed by atoms with Crippen molar-refractivity contribution in [2.45, 2.75) is 36.9 Å². The fraction of sp³-hybridized carbons (Fsp3) is 0.240. The van der Waals surface area contributed by atoms with Gasteiger partial charge in [0.05, 0.1) is 17.0 Å². The van der Waals surface area contributed by atoms with Crippen LogP contribution in [-0.4, -0.2) is 31.1 Å². The predicted molar refractivity (Wildman–Crippen MR) is 128 cm³/mol. The molecule has 0 saturated carbocycles. The van der Waals surface area contributed by atoms with Crippen LogP contribution in [0.15, 0.2) is 59.8 Å². The molecule has 0 aliphatic carbocycles. The quantitative estimate of drug-likeness (QED) is 0.229. The molecule has 0 unspecified atom stereocenters. The molecule has 4 aromatic rings. The summed E-state index contributed by atoms with van der Waals surface area (Å²) in [5, 5.41) is 13.0. The molecule has 37 heavy (non-hydrogen) atoms. The Morgan fingerprint density at radius 2 is 1.76 bits per heavy atom. The second-order valence-corrected chi connectivity index (χ2v) is 9.83. The van der Waals surface area contributed by atoms with Crippen molar-refractivity contribution in [2.75, 3.05) is 11.1 Å². The van der Waals surface area contributed by atoms with Crippen molar-refractivity contribution < 1.29 is 31.9 Å². The van der Waals surface area contributed by atoms with Gasteiger partial charge in [0.1, 0.15) is 17.2 Å². The van der Waals surface area contributed by atoms with E-state index in [1.165, 1.54) is 48.3 Å². The molecule has 1 aromatic carbocycles. The molecule has 0 saturated heterocycles. The van der Waals surface area contributed by atoms with Crippen molar-refractivity contribution in [1.82, 2.24) is 14.4 Å². The number of aromatic nitrogens is 3. The zero-order valence-electron chi connectivity index (χ0n) is 19.6. The van der Waals surface area contributed by atoms with Crippen molar-refractivity contribution in [1.29, 1.82) is 0 Å². The Hall–Kier alpha value is -3.51. The number of nitrogens with one attached hydrogen (secondary N) is 1. The van der Waals surface area contributed by atoms with Crippen LogP contribution in [0.3, 0.4) is 0 Å². The summed E-state index contributed by atoms with van der Waals surface area (Å²) in [6, 6.07) is 8.86. The third-order valence-electron chi connectivity index (χ3n) is 5.31. The van der Waals surface area contributed by atoms with Gasteiger partial charge >= 0.3 is 6.18 Å². The Morgan fingerprint density at radius 1 is 1.05 bits per heavy atom. The number of carbonyl (C=O) groups is 1. The van der Waals surface area contributed by atoms with Crippen LogP contribution < -0.4 is 5.32 Å². The molecule has 6 nitrogen and oxygen atoms in total. The number of hydrogen-bond donors (Lipinski definition) is 2. The predicted octanol–water partition coefficient (Wildman–Crippen LogP) is 5.84. The summed E-state index contributed by atoms with van der Waals surface area (Å²) < 4.78 is 69.0. The van der Waals surface area contributed by atoms with Crippen molar-refractivity contribution in [2.24, 2.45) is 0 Å². The van der Waals surface area contributed by atoms with Crippen LogP contribution in [0.5, 0.6) is 0 Å². The van der Waals surface area contributed by atoms with E-state index in [0.717, 1.165) is 23.1 Å². The van der Waals surface area contributed by atoms with Gasteiger partial charge in [0, 0.05) is 35.0 Å². The lowest BCUT2D eigenvalue weighted by atomic mass is 9.97. The van der Waals surface area contributed by atoms with Crippen molar-refractivity contribution in [3.8, 4) is 0 Å². The summed E-state index contributed by atoms with van der Waals surface area (Å²) in [7, 11) is 0. The number of amides is 1. The van der Waals surface area contributed by atoms with Crippen molar-refractivity contribution in [3.05, 3.63) is 89.1 Å². The van der Waals surface area contributed by atoms with E-state index in [9.17, 15) is 27.5 Å². The molecular weight excluding hydrogens is 515 g/mol. The number of pyridine rings is 2. The molecule has 194 valence electrons. The molecule has 3 aromatic heterocycles. The molecule has 2 N–H and O–H groups in total. The standard InChI is InChI=1S/C25H21F5N4O2S/c1-24(2,36)20-18(33-23(35)17-4-3-5-19(32-17)25(28,29)30)13-34-12-15(31-22(34)21(20)27)10-11-37-16-8-6-14(26)7-9-16/h3-9,12-13,36H,10-11H2,1-2H3,(H,33,35). The summed E-state index contributed by atoms with van der Waals surface area (Å²) in [6.45, 7) is 2.62. The van der Waals surface area contributed by atoms with Crippen LogP contribution in [0.1, 0.15) is 41.3 Å². The number of fused-ring (bicyclic) bond motifs is 1. The highest BCUT2D eigenvalue weighted by molar-refractivity contribution is 7.99. The zero-order valence-corrected chi connectivity index (χ0v) is 20.4. The van der Waals surface area contributed by atoms with Gasteiger partial charge in [-0.05, 0) is 50.2 Å². The lowest BCUT2D eigenvalue weighted by Crippen LogP contribution is -2.24. The molecule has 0 spiro atoms.